The van der Waals surface area contributed by atoms with Crippen molar-refractivity contribution in [1.82, 2.24) is 0 Å². The minimum absolute atomic E-state index is 0.0631. The Morgan fingerprint density at radius 1 is 1.45 bits per heavy atom. The zero-order valence-electron chi connectivity index (χ0n) is 7.02. The van der Waals surface area contributed by atoms with Gasteiger partial charge in [0.25, 0.3) is 0 Å². The zero-order valence-corrected chi connectivity index (χ0v) is 7.02. The van der Waals surface area contributed by atoms with Crippen LogP contribution in [0.1, 0.15) is 18.1 Å². The van der Waals surface area contributed by atoms with E-state index in [-0.39, 0.29) is 5.82 Å². The Balaban J connectivity index is 3.13. The molecule has 0 unspecified atom stereocenters. The summed E-state index contributed by atoms with van der Waals surface area (Å²) in [6, 6.07) is 5.28. The highest BCUT2D eigenvalue weighted by molar-refractivity contribution is 6.08. The Hall–Kier alpha value is -0.785. The number of hydrogen-bond donors (Lipinski definition) is 0. The van der Waals surface area contributed by atoms with Crippen LogP contribution in [0.4, 0.5) is 4.39 Å². The average Bonchev–Trinajstić information content (AvgIpc) is 2.04. The van der Waals surface area contributed by atoms with E-state index in [4.69, 9.17) is 0 Å². The van der Waals surface area contributed by atoms with Crippen LogP contribution in [0, 0.1) is 5.82 Å². The fourth-order valence-corrected chi connectivity index (χ4v) is 1.33. The van der Waals surface area contributed by atoms with E-state index in [0.29, 0.717) is 0 Å². The second-order valence-corrected chi connectivity index (χ2v) is 2.58. The van der Waals surface area contributed by atoms with Gasteiger partial charge in [0, 0.05) is 0 Å². The number of rotatable bonds is 2. The minimum atomic E-state index is -0.0631. The number of halogens is 1. The van der Waals surface area contributed by atoms with Crippen LogP contribution >= 0.6 is 0 Å². The highest BCUT2D eigenvalue weighted by Crippen LogP contribution is 2.13. The Kier molecular flexibility index (Phi) is 2.69. The molecule has 1 aromatic carbocycles. The maximum Gasteiger partial charge on any atom is 0.125 e. The Bertz CT molecular complexity index is 245. The van der Waals surface area contributed by atoms with E-state index in [1.54, 1.807) is 6.07 Å². The molecule has 0 saturated carbocycles. The first kappa shape index (κ1) is 8.31. The molecule has 2 heteroatoms. The number of aryl methyl sites for hydroxylation is 1. The van der Waals surface area contributed by atoms with E-state index in [0.717, 1.165) is 23.9 Å². The Morgan fingerprint density at radius 3 is 2.64 bits per heavy atom. The minimum Gasteiger partial charge on any atom is -0.207 e. The summed E-state index contributed by atoms with van der Waals surface area (Å²) >= 11 is 0. The first-order valence-corrected chi connectivity index (χ1v) is 4.05. The predicted octanol–water partition coefficient (Wildman–Crippen LogP) is 1.52. The van der Waals surface area contributed by atoms with Crippen molar-refractivity contribution in [2.75, 3.05) is 0 Å². The van der Waals surface area contributed by atoms with Crippen molar-refractivity contribution in [3.63, 3.8) is 0 Å². The monoisotopic (exact) mass is 150 g/mol. The SMILES string of the molecule is BCc1c(F)cccc1CC. The quantitative estimate of drug-likeness (QED) is 0.560. The lowest BCUT2D eigenvalue weighted by molar-refractivity contribution is 0.614. The molecular weight excluding hydrogens is 138 g/mol. The fourth-order valence-electron chi connectivity index (χ4n) is 1.33. The van der Waals surface area contributed by atoms with E-state index in [2.05, 4.69) is 0 Å². The Morgan fingerprint density at radius 2 is 2.18 bits per heavy atom. The molecular formula is C9H12BF. The molecule has 0 atom stereocenters. The second kappa shape index (κ2) is 3.56. The summed E-state index contributed by atoms with van der Waals surface area (Å²) in [6.07, 6.45) is 1.71. The molecule has 0 amide bonds. The average molecular weight is 150 g/mol. The summed E-state index contributed by atoms with van der Waals surface area (Å²) in [5, 5.41) is 0. The molecule has 1 aromatic rings. The molecule has 0 bridgehead atoms. The second-order valence-electron chi connectivity index (χ2n) is 2.58. The van der Waals surface area contributed by atoms with Crippen molar-refractivity contribution in [3.8, 4) is 0 Å². The summed E-state index contributed by atoms with van der Waals surface area (Å²) in [5.41, 5.74) is 2.00. The summed E-state index contributed by atoms with van der Waals surface area (Å²) in [7, 11) is 1.98. The third-order valence-corrected chi connectivity index (χ3v) is 1.95. The van der Waals surface area contributed by atoms with E-state index in [1.165, 1.54) is 6.07 Å². The topological polar surface area (TPSA) is 0 Å². The maximum absolute atomic E-state index is 13.0. The summed E-state index contributed by atoms with van der Waals surface area (Å²) < 4.78 is 13.0. The molecule has 11 heavy (non-hydrogen) atoms. The molecule has 0 aromatic heterocycles. The molecule has 0 nitrogen and oxygen atoms in total. The molecule has 0 aliphatic rings. The van der Waals surface area contributed by atoms with Crippen molar-refractivity contribution in [2.24, 2.45) is 0 Å². The summed E-state index contributed by atoms with van der Waals surface area (Å²) in [4.78, 5) is 0. The molecule has 0 aliphatic carbocycles. The van der Waals surface area contributed by atoms with E-state index in [9.17, 15) is 4.39 Å². The van der Waals surface area contributed by atoms with Gasteiger partial charge in [-0.25, -0.2) is 4.39 Å². The lowest BCUT2D eigenvalue weighted by Gasteiger charge is -2.05. The lowest BCUT2D eigenvalue weighted by Crippen LogP contribution is -1.96. The largest absolute Gasteiger partial charge is 0.207 e. The first-order valence-electron chi connectivity index (χ1n) is 4.05. The maximum atomic E-state index is 13.0. The van der Waals surface area contributed by atoms with Gasteiger partial charge in [0.05, 0.1) is 0 Å². The van der Waals surface area contributed by atoms with Crippen LogP contribution in [0.15, 0.2) is 18.2 Å². The van der Waals surface area contributed by atoms with Gasteiger partial charge >= 0.3 is 0 Å². The van der Waals surface area contributed by atoms with Gasteiger partial charge in [-0.15, -0.1) is 0 Å². The molecule has 0 fully saturated rings. The van der Waals surface area contributed by atoms with E-state index in [1.807, 2.05) is 20.8 Å². The normalized spacial score (nSPS) is 10.0. The van der Waals surface area contributed by atoms with Crippen LogP contribution < -0.4 is 0 Å². The molecule has 58 valence electrons. The molecule has 0 N–H and O–H groups in total. The van der Waals surface area contributed by atoms with Gasteiger partial charge in [-0.05, 0) is 23.6 Å². The number of hydrogen-bond acceptors (Lipinski definition) is 0. The van der Waals surface area contributed by atoms with Crippen LogP contribution in [0.5, 0.6) is 0 Å². The number of benzene rings is 1. The van der Waals surface area contributed by atoms with E-state index >= 15 is 0 Å². The van der Waals surface area contributed by atoms with Crippen LogP contribution in [-0.4, -0.2) is 7.85 Å². The van der Waals surface area contributed by atoms with Gasteiger partial charge in [-0.2, -0.15) is 0 Å². The van der Waals surface area contributed by atoms with Crippen molar-refractivity contribution < 1.29 is 4.39 Å². The standard InChI is InChI=1S/C9H12BF/c1-2-7-4-3-5-9(11)8(7)6-10/h3-5H,2,6,10H2,1H3. The van der Waals surface area contributed by atoms with E-state index < -0.39 is 0 Å². The van der Waals surface area contributed by atoms with Crippen molar-refractivity contribution >= 4 is 7.85 Å². The van der Waals surface area contributed by atoms with Gasteiger partial charge in [0.1, 0.15) is 13.7 Å². The molecule has 0 saturated heterocycles. The highest BCUT2D eigenvalue weighted by Gasteiger charge is 2.02. The third kappa shape index (κ3) is 1.62. The Labute approximate surface area is 67.8 Å². The summed E-state index contributed by atoms with van der Waals surface area (Å²) in [6.45, 7) is 2.05. The van der Waals surface area contributed by atoms with Gasteiger partial charge < -0.3 is 0 Å². The van der Waals surface area contributed by atoms with Crippen molar-refractivity contribution in [2.45, 2.75) is 19.7 Å². The molecule has 1 rings (SSSR count). The van der Waals surface area contributed by atoms with Gasteiger partial charge in [-0.1, -0.05) is 25.4 Å². The molecule has 0 spiro atoms. The van der Waals surface area contributed by atoms with Crippen molar-refractivity contribution in [3.05, 3.63) is 35.1 Å². The van der Waals surface area contributed by atoms with Crippen LogP contribution in [-0.2, 0) is 12.7 Å². The van der Waals surface area contributed by atoms with Gasteiger partial charge in [0.15, 0.2) is 0 Å². The third-order valence-electron chi connectivity index (χ3n) is 1.95. The first-order chi connectivity index (χ1) is 5.29. The van der Waals surface area contributed by atoms with Crippen LogP contribution in [0.2, 0.25) is 0 Å². The summed E-state index contributed by atoms with van der Waals surface area (Å²) in [5.74, 6) is -0.0631. The van der Waals surface area contributed by atoms with Gasteiger partial charge in [0.2, 0.25) is 0 Å². The van der Waals surface area contributed by atoms with Crippen molar-refractivity contribution in [1.29, 1.82) is 0 Å². The molecule has 0 radical (unpaired) electrons. The van der Waals surface area contributed by atoms with Gasteiger partial charge in [-0.3, -0.25) is 0 Å². The smallest absolute Gasteiger partial charge is 0.125 e. The highest BCUT2D eigenvalue weighted by atomic mass is 19.1. The predicted molar refractivity (Wildman–Crippen MR) is 48.0 cm³/mol. The molecule has 0 aliphatic heterocycles. The fraction of sp³-hybridized carbons (Fsp3) is 0.333. The van der Waals surface area contributed by atoms with Crippen LogP contribution in [0.25, 0.3) is 0 Å². The zero-order chi connectivity index (χ0) is 8.27. The molecule has 0 heterocycles. The van der Waals surface area contributed by atoms with Crippen LogP contribution in [0.3, 0.4) is 0 Å². The lowest BCUT2D eigenvalue weighted by atomic mass is 9.91.